The maximum atomic E-state index is 13.6. The third-order valence-corrected chi connectivity index (χ3v) is 6.29. The highest BCUT2D eigenvalue weighted by atomic mass is 16.6. The number of hydrogen-bond donors (Lipinski definition) is 2. The number of benzene rings is 2. The summed E-state index contributed by atoms with van der Waals surface area (Å²) >= 11 is 0. The number of para-hydroxylation sites is 1. The van der Waals surface area contributed by atoms with Crippen molar-refractivity contribution in [3.8, 4) is 0 Å². The van der Waals surface area contributed by atoms with Gasteiger partial charge in [-0.3, -0.25) is 9.59 Å². The summed E-state index contributed by atoms with van der Waals surface area (Å²) in [4.78, 5) is 52.2. The molecule has 0 fully saturated rings. The number of alkyl carbamates (subject to hydrolysis) is 1. The van der Waals surface area contributed by atoms with Crippen molar-refractivity contribution < 1.29 is 33.4 Å². The van der Waals surface area contributed by atoms with Gasteiger partial charge in [0.15, 0.2) is 0 Å². The average Bonchev–Trinajstić information content (AvgIpc) is 3.22. The van der Waals surface area contributed by atoms with Crippen molar-refractivity contribution >= 4 is 34.8 Å². The number of aromatic nitrogens is 1. The molecule has 3 rings (SSSR count). The molecule has 2 unspecified atom stereocenters. The molecule has 0 aliphatic heterocycles. The lowest BCUT2D eigenvalue weighted by Crippen LogP contribution is -2.53. The van der Waals surface area contributed by atoms with Crippen LogP contribution in [0, 0.1) is 0 Å². The number of carbonyl (C=O) groups is 4. The smallest absolute Gasteiger partial charge is 0.408 e. The van der Waals surface area contributed by atoms with Gasteiger partial charge in [0, 0.05) is 37.0 Å². The van der Waals surface area contributed by atoms with Crippen LogP contribution >= 0.6 is 0 Å². The second kappa shape index (κ2) is 14.2. The molecule has 0 aliphatic carbocycles. The lowest BCUT2D eigenvalue weighted by molar-refractivity contribution is -0.155. The molecule has 2 amide bonds. The Morgan fingerprint density at radius 3 is 2.09 bits per heavy atom. The third-order valence-electron chi connectivity index (χ3n) is 6.29. The molecular formula is C33H43N3O7. The molecular weight excluding hydrogens is 550 g/mol. The van der Waals surface area contributed by atoms with Crippen molar-refractivity contribution in [3.63, 3.8) is 0 Å². The molecule has 0 radical (unpaired) electrons. The Hall–Kier alpha value is -4.34. The Morgan fingerprint density at radius 2 is 1.44 bits per heavy atom. The SMILES string of the molecule is Cn1cc(CC(NC(=O)C(CCC(=O)OC(C)(C)C)NC(=O)OC(C)(C)C)C(=O)OCc2ccccc2)c2ccccc21. The van der Waals surface area contributed by atoms with E-state index in [0.717, 1.165) is 22.0 Å². The van der Waals surface area contributed by atoms with E-state index in [-0.39, 0.29) is 25.9 Å². The molecule has 0 saturated heterocycles. The van der Waals surface area contributed by atoms with Gasteiger partial charge in [-0.05, 0) is 65.2 Å². The maximum Gasteiger partial charge on any atom is 0.408 e. The fourth-order valence-corrected chi connectivity index (χ4v) is 4.48. The summed E-state index contributed by atoms with van der Waals surface area (Å²) in [6.45, 7) is 10.4. The van der Waals surface area contributed by atoms with Gasteiger partial charge in [-0.2, -0.15) is 0 Å². The standard InChI is InChI=1S/C33H43N3O7/c1-32(2,3)42-28(37)18-17-25(35-31(40)43-33(4,5)6)29(38)34-26(30(39)41-21-22-13-9-8-10-14-22)19-23-20-36(7)27-16-12-11-15-24(23)27/h8-16,20,25-26H,17-19,21H2,1-7H3,(H,34,38)(H,35,40). The molecule has 3 aromatic rings. The third kappa shape index (κ3) is 10.8. The number of carbonyl (C=O) groups excluding carboxylic acids is 4. The monoisotopic (exact) mass is 593 g/mol. The number of fused-ring (bicyclic) bond motifs is 1. The van der Waals surface area contributed by atoms with E-state index in [0.29, 0.717) is 0 Å². The first-order valence-corrected chi connectivity index (χ1v) is 14.4. The van der Waals surface area contributed by atoms with E-state index in [4.69, 9.17) is 14.2 Å². The van der Waals surface area contributed by atoms with Crippen LogP contribution < -0.4 is 10.6 Å². The summed E-state index contributed by atoms with van der Waals surface area (Å²) in [5, 5.41) is 6.26. The fourth-order valence-electron chi connectivity index (χ4n) is 4.48. The van der Waals surface area contributed by atoms with Gasteiger partial charge in [-0.1, -0.05) is 48.5 Å². The van der Waals surface area contributed by atoms with Crippen LogP contribution in [0.15, 0.2) is 60.8 Å². The molecule has 2 aromatic carbocycles. The first-order chi connectivity index (χ1) is 20.1. The van der Waals surface area contributed by atoms with E-state index in [9.17, 15) is 19.2 Å². The van der Waals surface area contributed by atoms with Gasteiger partial charge in [-0.25, -0.2) is 9.59 Å². The van der Waals surface area contributed by atoms with Crippen molar-refractivity contribution in [2.45, 2.75) is 90.7 Å². The van der Waals surface area contributed by atoms with Gasteiger partial charge in [0.05, 0.1) is 0 Å². The molecule has 2 N–H and O–H groups in total. The second-order valence-electron chi connectivity index (χ2n) is 12.5. The summed E-state index contributed by atoms with van der Waals surface area (Å²) in [7, 11) is 1.91. The van der Waals surface area contributed by atoms with E-state index in [1.807, 2.05) is 72.4 Å². The van der Waals surface area contributed by atoms with E-state index < -0.39 is 47.2 Å². The lowest BCUT2D eigenvalue weighted by Gasteiger charge is -2.25. The lowest BCUT2D eigenvalue weighted by atomic mass is 10.0. The number of esters is 2. The van der Waals surface area contributed by atoms with E-state index >= 15 is 0 Å². The van der Waals surface area contributed by atoms with Crippen molar-refractivity contribution in [1.29, 1.82) is 0 Å². The zero-order valence-corrected chi connectivity index (χ0v) is 26.1. The van der Waals surface area contributed by atoms with Crippen molar-refractivity contribution in [1.82, 2.24) is 15.2 Å². The van der Waals surface area contributed by atoms with Crippen LogP contribution in [0.3, 0.4) is 0 Å². The quantitative estimate of drug-likeness (QED) is 0.238. The Labute approximate surface area is 253 Å². The number of nitrogens with zero attached hydrogens (tertiary/aromatic N) is 1. The molecule has 1 aromatic heterocycles. The highest BCUT2D eigenvalue weighted by Crippen LogP contribution is 2.22. The minimum Gasteiger partial charge on any atom is -0.460 e. The molecule has 0 spiro atoms. The van der Waals surface area contributed by atoms with Crippen LogP contribution in [-0.2, 0) is 48.7 Å². The summed E-state index contributed by atoms with van der Waals surface area (Å²) in [5.41, 5.74) is 1.09. The maximum absolute atomic E-state index is 13.6. The van der Waals surface area contributed by atoms with Crippen molar-refractivity contribution in [2.75, 3.05) is 0 Å². The van der Waals surface area contributed by atoms with Crippen LogP contribution in [0.25, 0.3) is 10.9 Å². The van der Waals surface area contributed by atoms with Gasteiger partial charge in [-0.15, -0.1) is 0 Å². The molecule has 0 saturated carbocycles. The predicted octanol–water partition coefficient (Wildman–Crippen LogP) is 4.96. The minimum absolute atomic E-state index is 0.0276. The number of ether oxygens (including phenoxy) is 3. The van der Waals surface area contributed by atoms with Crippen LogP contribution in [0.5, 0.6) is 0 Å². The van der Waals surface area contributed by atoms with Gasteiger partial charge in [0.1, 0.15) is 29.9 Å². The number of nitrogens with one attached hydrogen (secondary N) is 2. The molecule has 10 heteroatoms. The van der Waals surface area contributed by atoms with Crippen LogP contribution in [0.2, 0.25) is 0 Å². The topological polar surface area (TPSA) is 125 Å². The summed E-state index contributed by atoms with van der Waals surface area (Å²) < 4.78 is 18.3. The van der Waals surface area contributed by atoms with E-state index in [2.05, 4.69) is 10.6 Å². The Kier molecular flexibility index (Phi) is 11.0. The molecule has 1 heterocycles. The molecule has 232 valence electrons. The normalized spacial score (nSPS) is 13.1. The summed E-state index contributed by atoms with van der Waals surface area (Å²) in [5.74, 6) is -1.81. The summed E-state index contributed by atoms with van der Waals surface area (Å²) in [6.07, 6.45) is 1.02. The molecule has 10 nitrogen and oxygen atoms in total. The van der Waals surface area contributed by atoms with Gasteiger partial charge >= 0.3 is 18.0 Å². The predicted molar refractivity (Wildman–Crippen MR) is 163 cm³/mol. The zero-order chi connectivity index (χ0) is 31.8. The molecule has 2 atom stereocenters. The first kappa shape index (κ1) is 33.2. The number of hydrogen-bond acceptors (Lipinski definition) is 7. The molecule has 0 aliphatic rings. The van der Waals surface area contributed by atoms with Crippen molar-refractivity contribution in [3.05, 3.63) is 71.9 Å². The Balaban J connectivity index is 1.84. The number of amides is 2. The highest BCUT2D eigenvalue weighted by Gasteiger charge is 2.31. The van der Waals surface area contributed by atoms with Gasteiger partial charge < -0.3 is 29.4 Å². The number of aryl methyl sites for hydroxylation is 1. The van der Waals surface area contributed by atoms with Gasteiger partial charge in [0.25, 0.3) is 0 Å². The minimum atomic E-state index is -1.18. The van der Waals surface area contributed by atoms with Crippen molar-refractivity contribution in [2.24, 2.45) is 7.05 Å². The largest absolute Gasteiger partial charge is 0.460 e. The van der Waals surface area contributed by atoms with Crippen LogP contribution in [-0.4, -0.2) is 51.8 Å². The zero-order valence-electron chi connectivity index (χ0n) is 26.1. The average molecular weight is 594 g/mol. The Morgan fingerprint density at radius 1 is 0.814 bits per heavy atom. The molecule has 43 heavy (non-hydrogen) atoms. The Bertz CT molecular complexity index is 1420. The first-order valence-electron chi connectivity index (χ1n) is 14.4. The number of rotatable bonds is 11. The van der Waals surface area contributed by atoms with Crippen LogP contribution in [0.4, 0.5) is 4.79 Å². The van der Waals surface area contributed by atoms with Gasteiger partial charge in [0.2, 0.25) is 5.91 Å². The van der Waals surface area contributed by atoms with Crippen LogP contribution in [0.1, 0.15) is 65.5 Å². The van der Waals surface area contributed by atoms with E-state index in [1.54, 1.807) is 41.5 Å². The second-order valence-corrected chi connectivity index (χ2v) is 12.5. The van der Waals surface area contributed by atoms with E-state index in [1.165, 1.54) is 0 Å². The highest BCUT2D eigenvalue weighted by molar-refractivity contribution is 5.91. The fraction of sp³-hybridized carbons (Fsp3) is 0.455. The summed E-state index contributed by atoms with van der Waals surface area (Å²) in [6, 6.07) is 14.7. The molecule has 0 bridgehead atoms.